The molecule has 0 aromatic rings. The predicted molar refractivity (Wildman–Crippen MR) is 44.8 cm³/mol. The van der Waals surface area contributed by atoms with Crippen LogP contribution >= 0.6 is 0 Å². The highest BCUT2D eigenvalue weighted by Crippen LogP contribution is 2.04. The highest BCUT2D eigenvalue weighted by atomic mass is 16.5. The summed E-state index contributed by atoms with van der Waals surface area (Å²) in [5.74, 6) is -0.861. The van der Waals surface area contributed by atoms with Gasteiger partial charge in [0.05, 0.1) is 13.0 Å². The van der Waals surface area contributed by atoms with Crippen molar-refractivity contribution in [1.82, 2.24) is 5.32 Å². The first-order chi connectivity index (χ1) is 6.13. The molecule has 0 radical (unpaired) electrons. The fraction of sp³-hybridized carbons (Fsp3) is 0.571. The minimum Gasteiger partial charge on any atom is -0.464 e. The van der Waals surface area contributed by atoms with Crippen LogP contribution in [0, 0.1) is 0 Å². The van der Waals surface area contributed by atoms with Crippen molar-refractivity contribution in [2.45, 2.75) is 19.4 Å². The molecule has 0 aromatic heterocycles. The maximum atomic E-state index is 11.1. The minimum absolute atomic E-state index is 0.000463. The molecule has 0 aromatic carbocycles. The fourth-order valence-corrected chi connectivity index (χ4v) is 0.990. The van der Waals surface area contributed by atoms with E-state index in [2.05, 4.69) is 10.3 Å². The van der Waals surface area contributed by atoms with Gasteiger partial charge in [0.1, 0.15) is 0 Å². The van der Waals surface area contributed by atoms with Crippen LogP contribution in [0.15, 0.2) is 4.99 Å². The Bertz CT molecular complexity index is 262. The summed E-state index contributed by atoms with van der Waals surface area (Å²) in [6, 6.07) is -0.784. The van der Waals surface area contributed by atoms with E-state index in [0.717, 1.165) is 0 Å². The van der Waals surface area contributed by atoms with Crippen LogP contribution in [0.1, 0.15) is 13.3 Å². The molecule has 13 heavy (non-hydrogen) atoms. The lowest BCUT2D eigenvalue weighted by atomic mass is 10.2. The SMILES string of the molecule is CCOC(=O)C1CC(=O)NC(N)=N1. The lowest BCUT2D eigenvalue weighted by molar-refractivity contribution is -0.146. The Balaban J connectivity index is 2.64. The number of nitrogens with zero attached hydrogens (tertiary/aromatic N) is 1. The number of aliphatic imine (C=N–C) groups is 1. The van der Waals surface area contributed by atoms with Gasteiger partial charge in [-0.1, -0.05) is 0 Å². The smallest absolute Gasteiger partial charge is 0.331 e. The molecule has 0 spiro atoms. The van der Waals surface area contributed by atoms with Crippen molar-refractivity contribution in [1.29, 1.82) is 0 Å². The van der Waals surface area contributed by atoms with Crippen molar-refractivity contribution in [3.8, 4) is 0 Å². The van der Waals surface area contributed by atoms with Crippen molar-refractivity contribution in [3.63, 3.8) is 0 Å². The van der Waals surface area contributed by atoms with Gasteiger partial charge in [-0.15, -0.1) is 0 Å². The molecule has 0 bridgehead atoms. The van der Waals surface area contributed by atoms with Gasteiger partial charge < -0.3 is 10.5 Å². The van der Waals surface area contributed by atoms with E-state index in [0.29, 0.717) is 0 Å². The van der Waals surface area contributed by atoms with Gasteiger partial charge in [0.25, 0.3) is 0 Å². The summed E-state index contributed by atoms with van der Waals surface area (Å²) >= 11 is 0. The molecule has 1 aliphatic rings. The van der Waals surface area contributed by atoms with E-state index in [9.17, 15) is 9.59 Å². The molecule has 6 nitrogen and oxygen atoms in total. The van der Waals surface area contributed by atoms with Crippen LogP contribution in [0.5, 0.6) is 0 Å². The third-order valence-corrected chi connectivity index (χ3v) is 1.50. The third kappa shape index (κ3) is 2.43. The lowest BCUT2D eigenvalue weighted by Crippen LogP contribution is -2.45. The van der Waals surface area contributed by atoms with Crippen LogP contribution < -0.4 is 11.1 Å². The first kappa shape index (κ1) is 9.50. The normalized spacial score (nSPS) is 21.8. The van der Waals surface area contributed by atoms with Crippen LogP contribution in [-0.4, -0.2) is 30.5 Å². The van der Waals surface area contributed by atoms with E-state index >= 15 is 0 Å². The van der Waals surface area contributed by atoms with Gasteiger partial charge >= 0.3 is 5.97 Å². The molecular formula is C7H11N3O3. The van der Waals surface area contributed by atoms with Crippen LogP contribution in [-0.2, 0) is 14.3 Å². The summed E-state index contributed by atoms with van der Waals surface area (Å²) in [5, 5.41) is 2.29. The molecular weight excluding hydrogens is 174 g/mol. The quantitative estimate of drug-likeness (QED) is 0.526. The summed E-state index contributed by atoms with van der Waals surface area (Å²) < 4.78 is 4.70. The molecule has 0 aliphatic carbocycles. The first-order valence-electron chi connectivity index (χ1n) is 3.93. The number of rotatable bonds is 2. The molecule has 1 atom stereocenters. The molecule has 1 aliphatic heterocycles. The minimum atomic E-state index is -0.784. The number of amides is 1. The Hall–Kier alpha value is -1.59. The summed E-state index contributed by atoms with van der Waals surface area (Å²) in [6.07, 6.45) is -0.000463. The monoisotopic (exact) mass is 185 g/mol. The van der Waals surface area contributed by atoms with Gasteiger partial charge in [-0.05, 0) is 6.92 Å². The largest absolute Gasteiger partial charge is 0.464 e. The second kappa shape index (κ2) is 3.88. The molecule has 0 saturated heterocycles. The maximum absolute atomic E-state index is 11.1. The zero-order chi connectivity index (χ0) is 9.84. The van der Waals surface area contributed by atoms with Crippen molar-refractivity contribution < 1.29 is 14.3 Å². The number of hydrogen-bond donors (Lipinski definition) is 2. The number of carbonyl (C=O) groups is 2. The Morgan fingerprint density at radius 2 is 2.54 bits per heavy atom. The van der Waals surface area contributed by atoms with E-state index in [1.807, 2.05) is 0 Å². The average Bonchev–Trinajstić information content (AvgIpc) is 2.03. The Morgan fingerprint density at radius 1 is 1.85 bits per heavy atom. The van der Waals surface area contributed by atoms with E-state index in [1.165, 1.54) is 0 Å². The highest BCUT2D eigenvalue weighted by Gasteiger charge is 2.26. The Morgan fingerprint density at radius 3 is 3.08 bits per heavy atom. The third-order valence-electron chi connectivity index (χ3n) is 1.50. The van der Waals surface area contributed by atoms with Gasteiger partial charge in [-0.25, -0.2) is 9.79 Å². The van der Waals surface area contributed by atoms with Gasteiger partial charge in [0.15, 0.2) is 12.0 Å². The van der Waals surface area contributed by atoms with Crippen molar-refractivity contribution in [3.05, 3.63) is 0 Å². The molecule has 1 heterocycles. The zero-order valence-corrected chi connectivity index (χ0v) is 7.24. The first-order valence-corrected chi connectivity index (χ1v) is 3.93. The topological polar surface area (TPSA) is 93.8 Å². The van der Waals surface area contributed by atoms with Gasteiger partial charge in [0.2, 0.25) is 5.91 Å². The van der Waals surface area contributed by atoms with Crippen LogP contribution in [0.25, 0.3) is 0 Å². The number of ether oxygens (including phenoxy) is 1. The number of hydrogen-bond acceptors (Lipinski definition) is 5. The molecule has 1 amide bonds. The van der Waals surface area contributed by atoms with Crippen molar-refractivity contribution >= 4 is 17.8 Å². The molecule has 72 valence electrons. The molecule has 3 N–H and O–H groups in total. The standard InChI is InChI=1S/C7H11N3O3/c1-2-13-6(12)4-3-5(11)10-7(8)9-4/h4H,2-3H2,1H3,(H3,8,9,10,11). The fourth-order valence-electron chi connectivity index (χ4n) is 0.990. The second-order valence-electron chi connectivity index (χ2n) is 2.53. The predicted octanol–water partition coefficient (Wildman–Crippen LogP) is -1.25. The zero-order valence-electron chi connectivity index (χ0n) is 7.24. The van der Waals surface area contributed by atoms with Gasteiger partial charge in [0, 0.05) is 0 Å². The van der Waals surface area contributed by atoms with E-state index in [4.69, 9.17) is 10.5 Å². The summed E-state index contributed by atoms with van der Waals surface area (Å²) in [6.45, 7) is 1.96. The van der Waals surface area contributed by atoms with Crippen molar-refractivity contribution in [2.75, 3.05) is 6.61 Å². The Kier molecular flexibility index (Phi) is 2.84. The van der Waals surface area contributed by atoms with Crippen LogP contribution in [0.4, 0.5) is 0 Å². The summed E-state index contributed by atoms with van der Waals surface area (Å²) in [7, 11) is 0. The molecule has 0 fully saturated rings. The van der Waals surface area contributed by atoms with E-state index in [-0.39, 0.29) is 24.9 Å². The molecule has 0 saturated carbocycles. The number of esters is 1. The molecule has 6 heteroatoms. The average molecular weight is 185 g/mol. The van der Waals surface area contributed by atoms with E-state index < -0.39 is 12.0 Å². The lowest BCUT2D eigenvalue weighted by Gasteiger charge is -2.16. The summed E-state index contributed by atoms with van der Waals surface area (Å²) in [4.78, 5) is 25.8. The number of nitrogens with one attached hydrogen (secondary N) is 1. The number of carbonyl (C=O) groups excluding carboxylic acids is 2. The highest BCUT2D eigenvalue weighted by molar-refractivity contribution is 6.01. The molecule has 1 unspecified atom stereocenters. The second-order valence-corrected chi connectivity index (χ2v) is 2.53. The van der Waals surface area contributed by atoms with Gasteiger partial charge in [-0.3, -0.25) is 10.1 Å². The van der Waals surface area contributed by atoms with Crippen LogP contribution in [0.3, 0.4) is 0 Å². The van der Waals surface area contributed by atoms with Gasteiger partial charge in [-0.2, -0.15) is 0 Å². The number of nitrogens with two attached hydrogens (primary N) is 1. The maximum Gasteiger partial charge on any atom is 0.331 e. The number of guanidine groups is 1. The van der Waals surface area contributed by atoms with Crippen LogP contribution in [0.2, 0.25) is 0 Å². The van der Waals surface area contributed by atoms with Crippen molar-refractivity contribution in [2.24, 2.45) is 10.7 Å². The molecule has 1 rings (SSSR count). The van der Waals surface area contributed by atoms with E-state index in [1.54, 1.807) is 6.92 Å². The summed E-state index contributed by atoms with van der Waals surface area (Å²) in [5.41, 5.74) is 5.26. The Labute approximate surface area is 75.1 Å².